The number of carbonyl (C=O) groups is 2. The third kappa shape index (κ3) is 11.2. The zero-order valence-electron chi connectivity index (χ0n) is 13.9. The summed E-state index contributed by atoms with van der Waals surface area (Å²) in [4.78, 5) is 23.7. The maximum Gasteiger partial charge on any atom is 0.309 e. The van der Waals surface area contributed by atoms with E-state index in [1.165, 1.54) is 0 Å². The maximum absolute atomic E-state index is 11.8. The van der Waals surface area contributed by atoms with E-state index in [0.29, 0.717) is 6.42 Å². The fourth-order valence-electron chi connectivity index (χ4n) is 1.77. The van der Waals surface area contributed by atoms with E-state index >= 15 is 0 Å². The molecule has 0 aliphatic rings. The second kappa shape index (κ2) is 13.1. The Kier molecular flexibility index (Phi) is 12.9. The number of rotatable bonds is 12. The Morgan fingerprint density at radius 2 is 1.32 bits per heavy atom. The smallest absolute Gasteiger partial charge is 0.309 e. The van der Waals surface area contributed by atoms with Crippen LogP contribution >= 0.6 is 25.3 Å². The van der Waals surface area contributed by atoms with Crippen LogP contribution in [0.4, 0.5) is 0 Å². The second-order valence-electron chi connectivity index (χ2n) is 5.44. The van der Waals surface area contributed by atoms with Crippen molar-refractivity contribution in [2.24, 2.45) is 0 Å². The van der Waals surface area contributed by atoms with Crippen LogP contribution in [-0.4, -0.2) is 28.7 Å². The van der Waals surface area contributed by atoms with Gasteiger partial charge in [-0.2, -0.15) is 25.3 Å². The molecule has 0 aliphatic carbocycles. The minimum Gasteiger partial charge on any atom is -0.425 e. The van der Waals surface area contributed by atoms with Crippen molar-refractivity contribution in [1.82, 2.24) is 0 Å². The maximum atomic E-state index is 11.8. The molecule has 130 valence electrons. The van der Waals surface area contributed by atoms with E-state index in [1.807, 2.05) is 13.8 Å². The van der Waals surface area contributed by atoms with Crippen LogP contribution in [0.1, 0.15) is 72.1 Å². The summed E-state index contributed by atoms with van der Waals surface area (Å²) in [7, 11) is 0. The molecule has 0 saturated heterocycles. The fraction of sp³-hybridized carbons (Fsp3) is 0.875. The minimum atomic E-state index is -0.790. The van der Waals surface area contributed by atoms with Gasteiger partial charge in [-0.25, -0.2) is 0 Å². The molecular weight excluding hydrogens is 320 g/mol. The summed E-state index contributed by atoms with van der Waals surface area (Å²) >= 11 is 8.57. The van der Waals surface area contributed by atoms with Gasteiger partial charge in [-0.05, 0) is 19.3 Å². The van der Waals surface area contributed by atoms with Crippen LogP contribution < -0.4 is 0 Å². The van der Waals surface area contributed by atoms with Crippen molar-refractivity contribution in [3.63, 3.8) is 0 Å². The molecule has 0 fully saturated rings. The van der Waals surface area contributed by atoms with Crippen molar-refractivity contribution < 1.29 is 19.1 Å². The lowest BCUT2D eigenvalue weighted by atomic mass is 10.2. The van der Waals surface area contributed by atoms with Gasteiger partial charge in [0.25, 0.3) is 0 Å². The van der Waals surface area contributed by atoms with E-state index < -0.39 is 6.29 Å². The zero-order valence-corrected chi connectivity index (χ0v) is 15.7. The molecule has 0 aromatic carbocycles. The molecule has 0 N–H and O–H groups in total. The summed E-state index contributed by atoms with van der Waals surface area (Å²) in [5.41, 5.74) is 0. The topological polar surface area (TPSA) is 52.6 Å². The van der Waals surface area contributed by atoms with E-state index in [-0.39, 0.29) is 35.3 Å². The highest BCUT2D eigenvalue weighted by Gasteiger charge is 2.21. The quantitative estimate of drug-likeness (QED) is 0.240. The zero-order chi connectivity index (χ0) is 17.0. The van der Waals surface area contributed by atoms with Gasteiger partial charge in [0.1, 0.15) is 0 Å². The number of carbonyl (C=O) groups excluding carboxylic acids is 2. The van der Waals surface area contributed by atoms with Crippen molar-refractivity contribution in [1.29, 1.82) is 0 Å². The van der Waals surface area contributed by atoms with Crippen molar-refractivity contribution in [3.05, 3.63) is 0 Å². The van der Waals surface area contributed by atoms with Gasteiger partial charge < -0.3 is 9.47 Å². The molecule has 0 saturated carbocycles. The number of thiol groups is 2. The Morgan fingerprint density at radius 1 is 0.864 bits per heavy atom. The molecule has 0 aromatic heterocycles. The molecule has 0 heterocycles. The highest BCUT2D eigenvalue weighted by Crippen LogP contribution is 2.15. The van der Waals surface area contributed by atoms with Crippen molar-refractivity contribution in [2.75, 3.05) is 0 Å². The molecule has 2 unspecified atom stereocenters. The highest BCUT2D eigenvalue weighted by atomic mass is 32.1. The number of hydrogen-bond acceptors (Lipinski definition) is 6. The van der Waals surface area contributed by atoms with Gasteiger partial charge in [0.05, 0.1) is 12.8 Å². The van der Waals surface area contributed by atoms with E-state index in [0.717, 1.165) is 32.1 Å². The van der Waals surface area contributed by atoms with Crippen molar-refractivity contribution in [3.8, 4) is 0 Å². The summed E-state index contributed by atoms with van der Waals surface area (Å²) in [5.74, 6) is -0.733. The molecule has 4 nitrogen and oxygen atoms in total. The van der Waals surface area contributed by atoms with Gasteiger partial charge in [0.2, 0.25) is 6.29 Å². The van der Waals surface area contributed by atoms with Crippen LogP contribution in [0.15, 0.2) is 0 Å². The Morgan fingerprint density at radius 3 is 1.68 bits per heavy atom. The standard InChI is InChI=1S/C16H30O4S2/c1-4-7-8-9-16(19-14(17)10-12(21)5-2)20-15(18)11-13(22)6-3/h12-13,16,21-22H,4-11H2,1-3H3. The molecule has 0 rings (SSSR count). The average Bonchev–Trinajstić information content (AvgIpc) is 2.46. The molecule has 0 amide bonds. The van der Waals surface area contributed by atoms with Gasteiger partial charge in [0.15, 0.2) is 0 Å². The van der Waals surface area contributed by atoms with Gasteiger partial charge in [-0.15, -0.1) is 0 Å². The largest absolute Gasteiger partial charge is 0.425 e. The number of esters is 2. The van der Waals surface area contributed by atoms with E-state index in [9.17, 15) is 9.59 Å². The summed E-state index contributed by atoms with van der Waals surface area (Å²) in [6.07, 6.45) is 4.71. The second-order valence-corrected chi connectivity index (χ2v) is 6.90. The molecular formula is C16H30O4S2. The first-order valence-corrected chi connectivity index (χ1v) is 9.21. The Hall–Kier alpha value is -0.360. The summed E-state index contributed by atoms with van der Waals surface area (Å²) in [6.45, 7) is 6.01. The predicted octanol–water partition coefficient (Wildman–Crippen LogP) is 4.18. The monoisotopic (exact) mass is 350 g/mol. The first-order chi connectivity index (χ1) is 10.4. The molecule has 0 radical (unpaired) electrons. The molecule has 2 atom stereocenters. The third-order valence-corrected chi connectivity index (χ3v) is 4.41. The van der Waals surface area contributed by atoms with Crippen LogP contribution in [0.2, 0.25) is 0 Å². The molecule has 0 bridgehead atoms. The first kappa shape index (κ1) is 21.6. The van der Waals surface area contributed by atoms with Gasteiger partial charge in [-0.1, -0.05) is 33.6 Å². The Bertz CT molecular complexity index is 297. The lowest BCUT2D eigenvalue weighted by Crippen LogP contribution is -2.27. The lowest BCUT2D eigenvalue weighted by molar-refractivity contribution is -0.189. The Balaban J connectivity index is 4.41. The average molecular weight is 351 g/mol. The Labute approximate surface area is 145 Å². The van der Waals surface area contributed by atoms with Crippen molar-refractivity contribution >= 4 is 37.2 Å². The third-order valence-electron chi connectivity index (χ3n) is 3.32. The predicted molar refractivity (Wildman–Crippen MR) is 95.5 cm³/mol. The normalized spacial score (nSPS) is 15.0. The SMILES string of the molecule is CCCCCC(OC(=O)CC(S)CC)OC(=O)CC(S)CC. The van der Waals surface area contributed by atoms with Gasteiger partial charge in [-0.3, -0.25) is 9.59 Å². The first-order valence-electron chi connectivity index (χ1n) is 8.17. The molecule has 0 aromatic rings. The van der Waals surface area contributed by atoms with Gasteiger partial charge >= 0.3 is 11.9 Å². The molecule has 0 spiro atoms. The van der Waals surface area contributed by atoms with Crippen LogP contribution in [-0.2, 0) is 19.1 Å². The van der Waals surface area contributed by atoms with Crippen molar-refractivity contribution in [2.45, 2.75) is 88.9 Å². The number of unbranched alkanes of at least 4 members (excludes halogenated alkanes) is 2. The van der Waals surface area contributed by atoms with E-state index in [4.69, 9.17) is 9.47 Å². The van der Waals surface area contributed by atoms with E-state index in [1.54, 1.807) is 0 Å². The van der Waals surface area contributed by atoms with Crippen LogP contribution in [0.5, 0.6) is 0 Å². The number of hydrogen-bond donors (Lipinski definition) is 2. The minimum absolute atomic E-state index is 0.0265. The fourth-order valence-corrected chi connectivity index (χ4v) is 2.06. The number of ether oxygens (including phenoxy) is 2. The van der Waals surface area contributed by atoms with E-state index in [2.05, 4.69) is 32.2 Å². The van der Waals surface area contributed by atoms with Gasteiger partial charge in [0, 0.05) is 16.9 Å². The van der Waals surface area contributed by atoms with Crippen LogP contribution in [0, 0.1) is 0 Å². The van der Waals surface area contributed by atoms with Crippen LogP contribution in [0.3, 0.4) is 0 Å². The summed E-state index contributed by atoms with van der Waals surface area (Å²) < 4.78 is 10.6. The van der Waals surface area contributed by atoms with Crippen LogP contribution in [0.25, 0.3) is 0 Å². The molecule has 0 aliphatic heterocycles. The summed E-state index contributed by atoms with van der Waals surface area (Å²) in [6, 6.07) is 0. The molecule has 6 heteroatoms. The lowest BCUT2D eigenvalue weighted by Gasteiger charge is -2.20. The summed E-state index contributed by atoms with van der Waals surface area (Å²) in [5, 5.41) is -0.0530. The molecule has 22 heavy (non-hydrogen) atoms. The highest BCUT2D eigenvalue weighted by molar-refractivity contribution is 7.81.